The highest BCUT2D eigenvalue weighted by molar-refractivity contribution is 5.79. The lowest BCUT2D eigenvalue weighted by atomic mass is 10.2. The second kappa shape index (κ2) is 5.68. The van der Waals surface area contributed by atoms with Gasteiger partial charge >= 0.3 is 0 Å². The molecule has 118 valence electrons. The smallest absolute Gasteiger partial charge is 0.231 e. The molecule has 7 heteroatoms. The normalized spacial score (nSPS) is 12.7. The number of nitrogens with two attached hydrogens (primary N) is 1. The van der Waals surface area contributed by atoms with Gasteiger partial charge in [0.2, 0.25) is 6.79 Å². The molecule has 4 rings (SSSR count). The summed E-state index contributed by atoms with van der Waals surface area (Å²) in [4.78, 5) is 0. The second-order valence-corrected chi connectivity index (χ2v) is 5.28. The van der Waals surface area contributed by atoms with Crippen LogP contribution in [0.4, 0.5) is 5.69 Å². The molecule has 0 atom stereocenters. The fourth-order valence-electron chi connectivity index (χ4n) is 2.49. The molecular formula is C16H16N4O3. The third-order valence-electron chi connectivity index (χ3n) is 3.67. The van der Waals surface area contributed by atoms with Gasteiger partial charge in [0.25, 0.3) is 0 Å². The fourth-order valence-corrected chi connectivity index (χ4v) is 2.49. The largest absolute Gasteiger partial charge is 0.494 e. The Bertz CT molecular complexity index is 829. The molecule has 0 radical (unpaired) electrons. The van der Waals surface area contributed by atoms with Crippen LogP contribution >= 0.6 is 0 Å². The van der Waals surface area contributed by atoms with Gasteiger partial charge in [-0.25, -0.2) is 4.68 Å². The van der Waals surface area contributed by atoms with Crippen molar-refractivity contribution in [3.05, 3.63) is 36.4 Å². The predicted octanol–water partition coefficient (Wildman–Crippen LogP) is 2.21. The summed E-state index contributed by atoms with van der Waals surface area (Å²) in [6, 6.07) is 11.1. The van der Waals surface area contributed by atoms with Gasteiger partial charge in [0.05, 0.1) is 12.1 Å². The topological polar surface area (TPSA) is 84.4 Å². The summed E-state index contributed by atoms with van der Waals surface area (Å²) in [6.07, 6.45) is 0.817. The Labute approximate surface area is 132 Å². The Balaban J connectivity index is 1.39. The first-order valence-electron chi connectivity index (χ1n) is 7.41. The minimum Gasteiger partial charge on any atom is -0.494 e. The van der Waals surface area contributed by atoms with Gasteiger partial charge in [0.1, 0.15) is 11.3 Å². The van der Waals surface area contributed by atoms with E-state index in [-0.39, 0.29) is 6.79 Å². The van der Waals surface area contributed by atoms with Crippen LogP contribution in [-0.2, 0) is 6.54 Å². The van der Waals surface area contributed by atoms with E-state index < -0.39 is 0 Å². The standard InChI is InChI=1S/C16H16N4O3/c17-11-2-4-12(5-3-11)21-7-1-6-20-14-9-16-15(22-10-23-16)8-13(14)18-19-20/h2-5,8-9H,1,6-7,10,17H2. The molecule has 7 nitrogen and oxygen atoms in total. The van der Waals surface area contributed by atoms with Gasteiger partial charge < -0.3 is 19.9 Å². The third-order valence-corrected chi connectivity index (χ3v) is 3.67. The van der Waals surface area contributed by atoms with E-state index >= 15 is 0 Å². The molecule has 2 N–H and O–H groups in total. The Hall–Kier alpha value is -2.96. The molecule has 0 amide bonds. The van der Waals surface area contributed by atoms with E-state index in [4.69, 9.17) is 19.9 Å². The van der Waals surface area contributed by atoms with Gasteiger partial charge in [-0.15, -0.1) is 5.10 Å². The molecule has 0 aliphatic carbocycles. The zero-order valence-corrected chi connectivity index (χ0v) is 12.4. The summed E-state index contributed by atoms with van der Waals surface area (Å²) >= 11 is 0. The molecule has 0 fully saturated rings. The van der Waals surface area contributed by atoms with Crippen LogP contribution in [0.15, 0.2) is 36.4 Å². The average Bonchev–Trinajstić information content (AvgIpc) is 3.17. The van der Waals surface area contributed by atoms with Crippen molar-refractivity contribution in [3.63, 3.8) is 0 Å². The summed E-state index contributed by atoms with van der Waals surface area (Å²) in [5, 5.41) is 8.34. The molecule has 0 saturated carbocycles. The molecule has 0 spiro atoms. The summed E-state index contributed by atoms with van der Waals surface area (Å²) in [6.45, 7) is 1.56. The molecule has 3 aromatic rings. The number of nitrogen functional groups attached to an aromatic ring is 1. The highest BCUT2D eigenvalue weighted by Gasteiger charge is 2.17. The lowest BCUT2D eigenvalue weighted by Crippen LogP contribution is -2.06. The van der Waals surface area contributed by atoms with E-state index in [1.807, 2.05) is 41.1 Å². The Morgan fingerprint density at radius 2 is 1.91 bits per heavy atom. The van der Waals surface area contributed by atoms with Crippen molar-refractivity contribution in [3.8, 4) is 17.2 Å². The van der Waals surface area contributed by atoms with Gasteiger partial charge in [-0.2, -0.15) is 0 Å². The van der Waals surface area contributed by atoms with Crippen molar-refractivity contribution in [1.82, 2.24) is 15.0 Å². The SMILES string of the molecule is Nc1ccc(OCCCn2nnc3cc4c(cc32)OCO4)cc1. The predicted molar refractivity (Wildman–Crippen MR) is 84.6 cm³/mol. The minimum atomic E-state index is 0.255. The summed E-state index contributed by atoms with van der Waals surface area (Å²) < 4.78 is 18.3. The first-order valence-corrected chi connectivity index (χ1v) is 7.41. The third kappa shape index (κ3) is 2.73. The molecular weight excluding hydrogens is 296 g/mol. The molecule has 23 heavy (non-hydrogen) atoms. The maximum absolute atomic E-state index is 5.68. The van der Waals surface area contributed by atoms with E-state index in [0.29, 0.717) is 13.2 Å². The van der Waals surface area contributed by atoms with Crippen molar-refractivity contribution in [2.24, 2.45) is 0 Å². The van der Waals surface area contributed by atoms with Gasteiger partial charge in [0, 0.05) is 30.8 Å². The maximum atomic E-state index is 5.68. The van der Waals surface area contributed by atoms with Crippen LogP contribution in [0.3, 0.4) is 0 Å². The number of fused-ring (bicyclic) bond motifs is 2. The highest BCUT2D eigenvalue weighted by Crippen LogP contribution is 2.35. The first-order chi connectivity index (χ1) is 11.3. The van der Waals surface area contributed by atoms with Crippen LogP contribution in [-0.4, -0.2) is 28.4 Å². The molecule has 1 aliphatic rings. The number of benzene rings is 2. The number of hydrogen-bond donors (Lipinski definition) is 1. The lowest BCUT2D eigenvalue weighted by Gasteiger charge is -2.07. The van der Waals surface area contributed by atoms with Gasteiger partial charge in [0.15, 0.2) is 11.5 Å². The van der Waals surface area contributed by atoms with Crippen molar-refractivity contribution in [1.29, 1.82) is 0 Å². The highest BCUT2D eigenvalue weighted by atomic mass is 16.7. The van der Waals surface area contributed by atoms with Gasteiger partial charge in [-0.05, 0) is 24.3 Å². The Kier molecular flexibility index (Phi) is 3.38. The number of hydrogen-bond acceptors (Lipinski definition) is 6. The molecule has 1 aromatic heterocycles. The fraction of sp³-hybridized carbons (Fsp3) is 0.250. The van der Waals surface area contributed by atoms with E-state index in [0.717, 1.165) is 40.4 Å². The van der Waals surface area contributed by atoms with Crippen molar-refractivity contribution in [2.75, 3.05) is 19.1 Å². The van der Waals surface area contributed by atoms with E-state index in [1.165, 1.54) is 0 Å². The second-order valence-electron chi connectivity index (χ2n) is 5.28. The van der Waals surface area contributed by atoms with Crippen LogP contribution in [0.25, 0.3) is 11.0 Å². The first kappa shape index (κ1) is 13.7. The summed E-state index contributed by atoms with van der Waals surface area (Å²) in [7, 11) is 0. The van der Waals surface area contributed by atoms with E-state index in [9.17, 15) is 0 Å². The molecule has 0 unspecified atom stereocenters. The van der Waals surface area contributed by atoms with Crippen LogP contribution < -0.4 is 19.9 Å². The number of ether oxygens (including phenoxy) is 3. The van der Waals surface area contributed by atoms with E-state index in [1.54, 1.807) is 0 Å². The summed E-state index contributed by atoms with van der Waals surface area (Å²) in [5.74, 6) is 2.27. The number of aryl methyl sites for hydroxylation is 1. The van der Waals surface area contributed by atoms with Crippen molar-refractivity contribution in [2.45, 2.75) is 13.0 Å². The number of anilines is 1. The Morgan fingerprint density at radius 3 is 2.74 bits per heavy atom. The van der Waals surface area contributed by atoms with Crippen LogP contribution in [0.5, 0.6) is 17.2 Å². The molecule has 1 aliphatic heterocycles. The number of nitrogens with zero attached hydrogens (tertiary/aromatic N) is 3. The quantitative estimate of drug-likeness (QED) is 0.574. The lowest BCUT2D eigenvalue weighted by molar-refractivity contribution is 0.174. The van der Waals surface area contributed by atoms with Gasteiger partial charge in [-0.3, -0.25) is 0 Å². The van der Waals surface area contributed by atoms with Gasteiger partial charge in [-0.1, -0.05) is 5.21 Å². The van der Waals surface area contributed by atoms with Crippen molar-refractivity contribution >= 4 is 16.7 Å². The molecule has 2 aromatic carbocycles. The van der Waals surface area contributed by atoms with Crippen molar-refractivity contribution < 1.29 is 14.2 Å². The van der Waals surface area contributed by atoms with Crippen LogP contribution in [0.1, 0.15) is 6.42 Å². The average molecular weight is 312 g/mol. The number of rotatable bonds is 5. The monoisotopic (exact) mass is 312 g/mol. The zero-order valence-electron chi connectivity index (χ0n) is 12.4. The van der Waals surface area contributed by atoms with E-state index in [2.05, 4.69) is 10.3 Å². The maximum Gasteiger partial charge on any atom is 0.231 e. The molecule has 2 heterocycles. The number of aromatic nitrogens is 3. The van der Waals surface area contributed by atoms with Crippen LogP contribution in [0.2, 0.25) is 0 Å². The molecule has 0 saturated heterocycles. The van der Waals surface area contributed by atoms with Crippen LogP contribution in [0, 0.1) is 0 Å². The Morgan fingerprint density at radius 1 is 1.13 bits per heavy atom. The zero-order chi connectivity index (χ0) is 15.6. The minimum absolute atomic E-state index is 0.255. The summed E-state index contributed by atoms with van der Waals surface area (Å²) in [5.41, 5.74) is 8.10. The molecule has 0 bridgehead atoms.